The molecule has 0 radical (unpaired) electrons. The van der Waals surface area contributed by atoms with E-state index in [2.05, 4.69) is 15.4 Å². The third-order valence-electron chi connectivity index (χ3n) is 5.69. The Morgan fingerprint density at radius 1 is 1.11 bits per heavy atom. The van der Waals surface area contributed by atoms with Gasteiger partial charge in [0.05, 0.1) is 17.7 Å². The minimum atomic E-state index is -0.581. The lowest BCUT2D eigenvalue weighted by Gasteiger charge is -2.32. The fourth-order valence-corrected chi connectivity index (χ4v) is 4.04. The highest BCUT2D eigenvalue weighted by Crippen LogP contribution is 2.21. The second-order valence-corrected chi connectivity index (χ2v) is 8.61. The third-order valence-corrected chi connectivity index (χ3v) is 6.11. The van der Waals surface area contributed by atoms with Crippen LogP contribution in [0.25, 0.3) is 10.8 Å². The van der Waals surface area contributed by atoms with Gasteiger partial charge in [-0.15, -0.1) is 0 Å². The summed E-state index contributed by atoms with van der Waals surface area (Å²) >= 11 is 6.09. The van der Waals surface area contributed by atoms with Crippen molar-refractivity contribution in [2.45, 2.75) is 25.9 Å². The summed E-state index contributed by atoms with van der Waals surface area (Å²) in [6.45, 7) is 1.43. The Kier molecular flexibility index (Phi) is 8.73. The summed E-state index contributed by atoms with van der Waals surface area (Å²) < 4.78 is 13.9. The van der Waals surface area contributed by atoms with E-state index in [0.29, 0.717) is 24.2 Å². The lowest BCUT2D eigenvalue weighted by atomic mass is 10.1. The van der Waals surface area contributed by atoms with Crippen LogP contribution in [0.15, 0.2) is 79.1 Å². The number of benzene rings is 2. The van der Waals surface area contributed by atoms with Gasteiger partial charge in [0.25, 0.3) is 0 Å². The third kappa shape index (κ3) is 6.65. The standard InChI is InChI=1S/C27H25ClFN5O3/c1-19(36)34(32-16-22-9-6-11-25(29)27(22)28)24(14-23-10-4-5-12-30-23)17-37-33(18-35)26-13-20-7-2-3-8-21(20)15-31-26/h2-13,15,18,24,32H,14,16-17H2,1H3/t24-/m0/s1. The summed E-state index contributed by atoms with van der Waals surface area (Å²) in [5, 5.41) is 4.21. The van der Waals surface area contributed by atoms with E-state index in [1.54, 1.807) is 36.7 Å². The maximum absolute atomic E-state index is 13.9. The first-order valence-corrected chi connectivity index (χ1v) is 11.9. The van der Waals surface area contributed by atoms with Crippen LogP contribution in [0, 0.1) is 5.82 Å². The lowest BCUT2D eigenvalue weighted by Crippen LogP contribution is -2.52. The summed E-state index contributed by atoms with van der Waals surface area (Å²) in [6.07, 6.45) is 4.15. The SMILES string of the molecule is CC(=O)N(NCc1cccc(F)c1Cl)[C@H](CON(C=O)c1cc2ccccc2cn1)Cc1ccccn1. The van der Waals surface area contributed by atoms with Crippen molar-refractivity contribution in [2.75, 3.05) is 11.7 Å². The molecular formula is C27H25ClFN5O3. The molecule has 190 valence electrons. The highest BCUT2D eigenvalue weighted by atomic mass is 35.5. The van der Waals surface area contributed by atoms with Crippen molar-refractivity contribution in [3.05, 3.63) is 101 Å². The first-order chi connectivity index (χ1) is 18.0. The number of pyridine rings is 2. The zero-order valence-electron chi connectivity index (χ0n) is 20.1. The second kappa shape index (κ2) is 12.4. The smallest absolute Gasteiger partial charge is 0.239 e. The number of anilines is 1. The minimum Gasteiger partial charge on any atom is -0.276 e. The van der Waals surface area contributed by atoms with E-state index in [9.17, 15) is 14.0 Å². The van der Waals surface area contributed by atoms with E-state index in [0.717, 1.165) is 21.5 Å². The Hall–Kier alpha value is -3.92. The number of hydrogen-bond donors (Lipinski definition) is 1. The Morgan fingerprint density at radius 2 is 1.89 bits per heavy atom. The molecule has 2 heterocycles. The molecule has 2 aromatic heterocycles. The van der Waals surface area contributed by atoms with E-state index in [1.165, 1.54) is 18.0 Å². The zero-order chi connectivity index (χ0) is 26.2. The Balaban J connectivity index is 1.55. The van der Waals surface area contributed by atoms with E-state index in [-0.39, 0.29) is 24.1 Å². The van der Waals surface area contributed by atoms with Crippen molar-refractivity contribution < 1.29 is 18.8 Å². The van der Waals surface area contributed by atoms with Crippen molar-refractivity contribution >= 4 is 40.5 Å². The maximum Gasteiger partial charge on any atom is 0.239 e. The first-order valence-electron chi connectivity index (χ1n) is 11.5. The van der Waals surface area contributed by atoms with Gasteiger partial charge in [-0.3, -0.25) is 24.4 Å². The van der Waals surface area contributed by atoms with Crippen LogP contribution in [-0.2, 0) is 27.4 Å². The van der Waals surface area contributed by atoms with Crippen LogP contribution in [-0.4, -0.2) is 39.9 Å². The molecule has 0 aliphatic carbocycles. The number of carbonyl (C=O) groups is 2. The monoisotopic (exact) mass is 521 g/mol. The van der Waals surface area contributed by atoms with Crippen LogP contribution in [0.5, 0.6) is 0 Å². The van der Waals surface area contributed by atoms with Crippen LogP contribution in [0.3, 0.4) is 0 Å². The number of aromatic nitrogens is 2. The molecule has 0 bridgehead atoms. The summed E-state index contributed by atoms with van der Waals surface area (Å²) in [5.74, 6) is -0.550. The average Bonchev–Trinajstić information content (AvgIpc) is 2.91. The molecule has 0 aliphatic heterocycles. The van der Waals surface area contributed by atoms with Crippen molar-refractivity contribution in [3.8, 4) is 0 Å². The molecule has 0 fully saturated rings. The molecule has 0 saturated carbocycles. The fraction of sp³-hybridized carbons (Fsp3) is 0.185. The van der Waals surface area contributed by atoms with Gasteiger partial charge < -0.3 is 0 Å². The number of carbonyl (C=O) groups excluding carboxylic acids is 2. The lowest BCUT2D eigenvalue weighted by molar-refractivity contribution is -0.137. The van der Waals surface area contributed by atoms with E-state index < -0.39 is 11.9 Å². The highest BCUT2D eigenvalue weighted by Gasteiger charge is 2.25. The number of nitrogens with zero attached hydrogens (tertiary/aromatic N) is 4. The molecule has 4 aromatic rings. The van der Waals surface area contributed by atoms with Gasteiger partial charge in [0.2, 0.25) is 12.3 Å². The molecule has 4 rings (SSSR count). The molecule has 10 heteroatoms. The van der Waals surface area contributed by atoms with Crippen LogP contribution in [0.2, 0.25) is 5.02 Å². The van der Waals surface area contributed by atoms with Gasteiger partial charge >= 0.3 is 0 Å². The zero-order valence-corrected chi connectivity index (χ0v) is 20.8. The number of fused-ring (bicyclic) bond motifs is 1. The van der Waals surface area contributed by atoms with Crippen LogP contribution in [0.1, 0.15) is 18.2 Å². The fourth-order valence-electron chi connectivity index (χ4n) is 3.85. The van der Waals surface area contributed by atoms with E-state index in [1.807, 2.05) is 36.4 Å². The number of hydroxylamine groups is 1. The van der Waals surface area contributed by atoms with Crippen LogP contribution < -0.4 is 10.5 Å². The quantitative estimate of drug-likeness (QED) is 0.231. The Morgan fingerprint density at radius 3 is 2.62 bits per heavy atom. The minimum absolute atomic E-state index is 0.0227. The van der Waals surface area contributed by atoms with Gasteiger partial charge in [-0.25, -0.2) is 14.8 Å². The number of halogens is 2. The number of nitrogens with one attached hydrogen (secondary N) is 1. The average molecular weight is 522 g/mol. The molecule has 8 nitrogen and oxygen atoms in total. The molecule has 1 N–H and O–H groups in total. The molecule has 2 amide bonds. The van der Waals surface area contributed by atoms with Crippen molar-refractivity contribution in [2.24, 2.45) is 0 Å². The molecule has 0 aliphatic rings. The predicted molar refractivity (Wildman–Crippen MR) is 139 cm³/mol. The number of rotatable bonds is 11. The number of hydrogen-bond acceptors (Lipinski definition) is 6. The van der Waals surface area contributed by atoms with Gasteiger partial charge in [0, 0.05) is 43.4 Å². The number of amides is 2. The largest absolute Gasteiger partial charge is 0.276 e. The predicted octanol–water partition coefficient (Wildman–Crippen LogP) is 4.48. The van der Waals surface area contributed by atoms with Gasteiger partial charge in [0.1, 0.15) is 5.82 Å². The maximum atomic E-state index is 13.9. The van der Waals surface area contributed by atoms with Gasteiger partial charge in [-0.05, 0) is 35.2 Å². The summed E-state index contributed by atoms with van der Waals surface area (Å²) in [6, 6.07) is 18.7. The second-order valence-electron chi connectivity index (χ2n) is 8.23. The molecule has 0 unspecified atom stereocenters. The van der Waals surface area contributed by atoms with Crippen molar-refractivity contribution in [1.29, 1.82) is 0 Å². The van der Waals surface area contributed by atoms with E-state index >= 15 is 0 Å². The Bertz CT molecular complexity index is 1370. The summed E-state index contributed by atoms with van der Waals surface area (Å²) in [5.41, 5.74) is 4.24. The molecular weight excluding hydrogens is 497 g/mol. The summed E-state index contributed by atoms with van der Waals surface area (Å²) in [4.78, 5) is 39.1. The van der Waals surface area contributed by atoms with Gasteiger partial charge in [-0.2, -0.15) is 5.06 Å². The molecule has 2 aromatic carbocycles. The highest BCUT2D eigenvalue weighted by molar-refractivity contribution is 6.31. The van der Waals surface area contributed by atoms with Crippen LogP contribution in [0.4, 0.5) is 10.2 Å². The van der Waals surface area contributed by atoms with Crippen molar-refractivity contribution in [1.82, 2.24) is 20.4 Å². The molecule has 0 spiro atoms. The molecule has 37 heavy (non-hydrogen) atoms. The molecule has 0 saturated heterocycles. The Labute approximate surface area is 218 Å². The molecule has 1 atom stereocenters. The number of hydrazine groups is 1. The topological polar surface area (TPSA) is 87.7 Å². The van der Waals surface area contributed by atoms with Gasteiger partial charge in [-0.1, -0.05) is 54.1 Å². The first kappa shape index (κ1) is 26.2. The van der Waals surface area contributed by atoms with E-state index in [4.69, 9.17) is 16.4 Å². The van der Waals surface area contributed by atoms with Crippen molar-refractivity contribution in [3.63, 3.8) is 0 Å². The van der Waals surface area contributed by atoms with Crippen LogP contribution >= 0.6 is 11.6 Å². The normalized spacial score (nSPS) is 11.8. The summed E-state index contributed by atoms with van der Waals surface area (Å²) in [7, 11) is 0. The van der Waals surface area contributed by atoms with Gasteiger partial charge in [0.15, 0.2) is 5.82 Å².